The molecule has 0 heterocycles. The average molecular weight is 339 g/mol. The minimum atomic E-state index is -4.52. The topological polar surface area (TPSA) is 64.3 Å². The highest BCUT2D eigenvalue weighted by molar-refractivity contribution is 6.31. The smallest absolute Gasteiger partial charge is 0.417 e. The van der Waals surface area contributed by atoms with Gasteiger partial charge in [-0.05, 0) is 38.5 Å². The van der Waals surface area contributed by atoms with Crippen molar-refractivity contribution in [3.63, 3.8) is 0 Å². The summed E-state index contributed by atoms with van der Waals surface area (Å²) in [4.78, 5) is 11.5. The van der Waals surface area contributed by atoms with Crippen molar-refractivity contribution in [2.45, 2.75) is 38.6 Å². The van der Waals surface area contributed by atoms with E-state index in [2.05, 4.69) is 5.32 Å². The molecule has 0 aromatic heterocycles. The first-order valence-electron chi connectivity index (χ1n) is 6.49. The molecule has 4 nitrogen and oxygen atoms in total. The molecule has 3 N–H and O–H groups in total. The van der Waals surface area contributed by atoms with Gasteiger partial charge in [0.25, 0.3) is 0 Å². The number of hydrogen-bond donors (Lipinski definition) is 2. The van der Waals surface area contributed by atoms with Crippen molar-refractivity contribution in [1.29, 1.82) is 0 Å². The summed E-state index contributed by atoms with van der Waals surface area (Å²) in [5.41, 5.74) is 4.64. The summed E-state index contributed by atoms with van der Waals surface area (Å²) < 4.78 is 42.8. The van der Waals surface area contributed by atoms with Crippen LogP contribution in [0.1, 0.15) is 37.9 Å². The van der Waals surface area contributed by atoms with Crippen molar-refractivity contribution in [2.24, 2.45) is 5.73 Å². The quantitative estimate of drug-likeness (QED) is 0.879. The Morgan fingerprint density at radius 3 is 2.41 bits per heavy atom. The van der Waals surface area contributed by atoms with Crippen LogP contribution in [0.5, 0.6) is 0 Å². The standard InChI is InChI=1S/C14H18ClF3N2O2/c1-13(2,3)22-12(21)20-7-11(19)8-4-5-9(10(15)6-8)14(16,17)18/h4-6,11H,7,19H2,1-3H3,(H,20,21). The van der Waals surface area contributed by atoms with Gasteiger partial charge in [-0.1, -0.05) is 17.7 Å². The van der Waals surface area contributed by atoms with Crippen molar-refractivity contribution in [1.82, 2.24) is 5.32 Å². The molecule has 0 aliphatic heterocycles. The maximum absolute atomic E-state index is 12.6. The van der Waals surface area contributed by atoms with Gasteiger partial charge in [0.15, 0.2) is 0 Å². The monoisotopic (exact) mass is 338 g/mol. The Bertz CT molecular complexity index is 542. The van der Waals surface area contributed by atoms with E-state index < -0.39 is 34.5 Å². The molecule has 1 atom stereocenters. The van der Waals surface area contributed by atoms with Gasteiger partial charge in [-0.3, -0.25) is 0 Å². The first kappa shape index (κ1) is 18.6. The largest absolute Gasteiger partial charge is 0.444 e. The van der Waals surface area contributed by atoms with Gasteiger partial charge in [-0.15, -0.1) is 0 Å². The van der Waals surface area contributed by atoms with Crippen LogP contribution in [0.25, 0.3) is 0 Å². The number of carbonyl (C=O) groups excluding carboxylic acids is 1. The van der Waals surface area contributed by atoms with E-state index in [1.807, 2.05) is 0 Å². The van der Waals surface area contributed by atoms with Crippen molar-refractivity contribution in [2.75, 3.05) is 6.54 Å². The van der Waals surface area contributed by atoms with Crippen LogP contribution in [0.15, 0.2) is 18.2 Å². The molecule has 0 aliphatic carbocycles. The van der Waals surface area contributed by atoms with Crippen LogP contribution in [0.2, 0.25) is 5.02 Å². The van der Waals surface area contributed by atoms with Crippen molar-refractivity contribution in [3.8, 4) is 0 Å². The van der Waals surface area contributed by atoms with E-state index in [4.69, 9.17) is 22.1 Å². The molecule has 0 saturated carbocycles. The summed E-state index contributed by atoms with van der Waals surface area (Å²) in [6, 6.07) is 2.54. The normalized spacial score (nSPS) is 13.6. The fourth-order valence-electron chi connectivity index (χ4n) is 1.62. The highest BCUT2D eigenvalue weighted by Crippen LogP contribution is 2.35. The van der Waals surface area contributed by atoms with Crippen LogP contribution >= 0.6 is 11.6 Å². The lowest BCUT2D eigenvalue weighted by molar-refractivity contribution is -0.137. The van der Waals surface area contributed by atoms with Crippen LogP contribution in [-0.2, 0) is 10.9 Å². The Morgan fingerprint density at radius 1 is 1.36 bits per heavy atom. The maximum atomic E-state index is 12.6. The SMILES string of the molecule is CC(C)(C)OC(=O)NCC(N)c1ccc(C(F)(F)F)c(Cl)c1. The number of hydrogen-bond acceptors (Lipinski definition) is 3. The zero-order valence-corrected chi connectivity index (χ0v) is 13.2. The van der Waals surface area contributed by atoms with E-state index in [1.54, 1.807) is 20.8 Å². The summed E-state index contributed by atoms with van der Waals surface area (Å²) in [7, 11) is 0. The number of alkyl carbamates (subject to hydrolysis) is 1. The average Bonchev–Trinajstić information content (AvgIpc) is 2.32. The first-order chi connectivity index (χ1) is 9.90. The molecule has 0 aliphatic rings. The fourth-order valence-corrected chi connectivity index (χ4v) is 1.91. The zero-order chi connectivity index (χ0) is 17.1. The number of amides is 1. The number of nitrogens with two attached hydrogens (primary N) is 1. The second kappa shape index (κ2) is 6.75. The molecular formula is C14H18ClF3N2O2. The number of nitrogens with one attached hydrogen (secondary N) is 1. The van der Waals surface area contributed by atoms with Gasteiger partial charge in [0, 0.05) is 12.6 Å². The molecule has 1 amide bonds. The molecule has 1 unspecified atom stereocenters. The predicted molar refractivity (Wildman–Crippen MR) is 77.6 cm³/mol. The summed E-state index contributed by atoms with van der Waals surface area (Å²) >= 11 is 5.62. The van der Waals surface area contributed by atoms with Crippen LogP contribution in [0.3, 0.4) is 0 Å². The molecule has 1 rings (SSSR count). The third-order valence-electron chi connectivity index (χ3n) is 2.59. The number of carbonyl (C=O) groups is 1. The minimum Gasteiger partial charge on any atom is -0.444 e. The van der Waals surface area contributed by atoms with Crippen molar-refractivity contribution >= 4 is 17.7 Å². The van der Waals surface area contributed by atoms with Gasteiger partial charge in [-0.25, -0.2) is 4.79 Å². The fraction of sp³-hybridized carbons (Fsp3) is 0.500. The zero-order valence-electron chi connectivity index (χ0n) is 12.4. The molecule has 0 radical (unpaired) electrons. The summed E-state index contributed by atoms with van der Waals surface area (Å²) in [6.45, 7) is 5.14. The third-order valence-corrected chi connectivity index (χ3v) is 2.90. The van der Waals surface area contributed by atoms with E-state index in [0.717, 1.165) is 12.1 Å². The Morgan fingerprint density at radius 2 is 1.95 bits per heavy atom. The van der Waals surface area contributed by atoms with E-state index in [9.17, 15) is 18.0 Å². The lowest BCUT2D eigenvalue weighted by Crippen LogP contribution is -2.36. The van der Waals surface area contributed by atoms with Crippen molar-refractivity contribution in [3.05, 3.63) is 34.3 Å². The second-order valence-electron chi connectivity index (χ2n) is 5.73. The Balaban J connectivity index is 2.69. The van der Waals surface area contributed by atoms with Gasteiger partial charge in [0.2, 0.25) is 0 Å². The van der Waals surface area contributed by atoms with Gasteiger partial charge < -0.3 is 15.8 Å². The van der Waals surface area contributed by atoms with E-state index in [-0.39, 0.29) is 6.54 Å². The Hall–Kier alpha value is -1.47. The van der Waals surface area contributed by atoms with Crippen LogP contribution in [0.4, 0.5) is 18.0 Å². The highest BCUT2D eigenvalue weighted by Gasteiger charge is 2.33. The van der Waals surface area contributed by atoms with Gasteiger partial charge in [0.05, 0.1) is 10.6 Å². The van der Waals surface area contributed by atoms with Gasteiger partial charge in [0.1, 0.15) is 5.60 Å². The summed E-state index contributed by atoms with van der Waals surface area (Å²) in [5.74, 6) is 0. The Labute approximate surface area is 131 Å². The lowest BCUT2D eigenvalue weighted by atomic mass is 10.1. The number of alkyl halides is 3. The molecule has 1 aromatic rings. The molecular weight excluding hydrogens is 321 g/mol. The van der Waals surface area contributed by atoms with Crippen LogP contribution in [0, 0.1) is 0 Å². The molecule has 0 fully saturated rings. The summed E-state index contributed by atoms with van der Waals surface area (Å²) in [6.07, 6.45) is -5.17. The third kappa shape index (κ3) is 5.73. The van der Waals surface area contributed by atoms with Crippen molar-refractivity contribution < 1.29 is 22.7 Å². The van der Waals surface area contributed by atoms with Gasteiger partial charge >= 0.3 is 12.3 Å². The van der Waals surface area contributed by atoms with Crippen LogP contribution in [-0.4, -0.2) is 18.2 Å². The molecule has 1 aromatic carbocycles. The lowest BCUT2D eigenvalue weighted by Gasteiger charge is -2.21. The predicted octanol–water partition coefficient (Wildman–Crippen LogP) is 3.88. The highest BCUT2D eigenvalue weighted by atomic mass is 35.5. The second-order valence-corrected chi connectivity index (χ2v) is 6.13. The van der Waals surface area contributed by atoms with E-state index in [1.165, 1.54) is 6.07 Å². The number of rotatable bonds is 3. The summed E-state index contributed by atoms with van der Waals surface area (Å²) in [5, 5.41) is 2.02. The number of halogens is 4. The maximum Gasteiger partial charge on any atom is 0.417 e. The molecule has 0 saturated heterocycles. The van der Waals surface area contributed by atoms with Crippen LogP contribution < -0.4 is 11.1 Å². The molecule has 0 spiro atoms. The minimum absolute atomic E-state index is 0.0105. The molecule has 124 valence electrons. The number of benzene rings is 1. The first-order valence-corrected chi connectivity index (χ1v) is 6.87. The molecule has 22 heavy (non-hydrogen) atoms. The van der Waals surface area contributed by atoms with E-state index >= 15 is 0 Å². The van der Waals surface area contributed by atoms with Gasteiger partial charge in [-0.2, -0.15) is 13.2 Å². The van der Waals surface area contributed by atoms with E-state index in [0.29, 0.717) is 5.56 Å². The Kier molecular flexibility index (Phi) is 5.70. The number of ether oxygens (including phenoxy) is 1. The molecule has 0 bridgehead atoms. The molecule has 8 heteroatoms.